The van der Waals surface area contributed by atoms with E-state index < -0.39 is 11.8 Å². The summed E-state index contributed by atoms with van der Waals surface area (Å²) < 4.78 is 23.6. The van der Waals surface area contributed by atoms with Crippen molar-refractivity contribution in [3.8, 4) is 11.5 Å². The second kappa shape index (κ2) is 8.76. The third-order valence-corrected chi connectivity index (χ3v) is 3.77. The Morgan fingerprint density at radius 2 is 1.33 bits per heavy atom. The van der Waals surface area contributed by atoms with E-state index in [1.165, 1.54) is 24.3 Å². The first-order chi connectivity index (χ1) is 13.1. The van der Waals surface area contributed by atoms with E-state index in [1.807, 2.05) is 30.3 Å². The molecule has 4 nitrogen and oxygen atoms in total. The van der Waals surface area contributed by atoms with Crippen LogP contribution in [0.4, 0.5) is 4.39 Å². The third-order valence-electron chi connectivity index (χ3n) is 3.77. The first-order valence-corrected chi connectivity index (χ1v) is 8.41. The fourth-order valence-corrected chi connectivity index (χ4v) is 2.39. The van der Waals surface area contributed by atoms with Gasteiger partial charge in [-0.25, -0.2) is 4.39 Å². The average Bonchev–Trinajstić information content (AvgIpc) is 2.69. The van der Waals surface area contributed by atoms with Gasteiger partial charge >= 0.3 is 5.97 Å². The van der Waals surface area contributed by atoms with Gasteiger partial charge in [-0.1, -0.05) is 18.2 Å². The van der Waals surface area contributed by atoms with Crippen molar-refractivity contribution < 1.29 is 23.5 Å². The molecular formula is C22H17FO4. The Labute approximate surface area is 156 Å². The molecule has 0 spiro atoms. The van der Waals surface area contributed by atoms with Crippen LogP contribution in [0.2, 0.25) is 0 Å². The van der Waals surface area contributed by atoms with Gasteiger partial charge in [0.05, 0.1) is 13.0 Å². The van der Waals surface area contributed by atoms with Crippen LogP contribution in [0.15, 0.2) is 78.9 Å². The molecule has 0 saturated heterocycles. The molecule has 3 rings (SSSR count). The van der Waals surface area contributed by atoms with Crippen LogP contribution in [0.25, 0.3) is 0 Å². The fourth-order valence-electron chi connectivity index (χ4n) is 2.39. The van der Waals surface area contributed by atoms with Gasteiger partial charge in [-0.05, 0) is 60.7 Å². The van der Waals surface area contributed by atoms with Crippen molar-refractivity contribution in [3.63, 3.8) is 0 Å². The summed E-state index contributed by atoms with van der Waals surface area (Å²) in [6, 6.07) is 20.8. The monoisotopic (exact) mass is 364 g/mol. The van der Waals surface area contributed by atoms with E-state index in [1.54, 1.807) is 24.3 Å². The second-order valence-corrected chi connectivity index (χ2v) is 5.75. The Bertz CT molecular complexity index is 903. The van der Waals surface area contributed by atoms with Gasteiger partial charge in [-0.3, -0.25) is 9.59 Å². The van der Waals surface area contributed by atoms with Crippen molar-refractivity contribution in [2.24, 2.45) is 0 Å². The summed E-state index contributed by atoms with van der Waals surface area (Å²) >= 11 is 0. The van der Waals surface area contributed by atoms with Crippen LogP contribution in [-0.4, -0.2) is 18.4 Å². The predicted octanol–water partition coefficient (Wildman–Crippen LogP) is 4.43. The summed E-state index contributed by atoms with van der Waals surface area (Å²) in [4.78, 5) is 24.2. The second-order valence-electron chi connectivity index (χ2n) is 5.75. The Balaban J connectivity index is 1.51. The summed E-state index contributed by atoms with van der Waals surface area (Å²) in [5.74, 6) is -0.0259. The maximum Gasteiger partial charge on any atom is 0.314 e. The molecule has 0 aliphatic heterocycles. The number of carbonyl (C=O) groups excluding carboxylic acids is 2. The molecule has 136 valence electrons. The van der Waals surface area contributed by atoms with Crippen molar-refractivity contribution in [2.75, 3.05) is 6.61 Å². The number of halogens is 1. The molecule has 0 heterocycles. The highest BCUT2D eigenvalue weighted by molar-refractivity contribution is 6.09. The van der Waals surface area contributed by atoms with E-state index in [2.05, 4.69) is 0 Å². The lowest BCUT2D eigenvalue weighted by Gasteiger charge is -2.07. The summed E-state index contributed by atoms with van der Waals surface area (Å²) in [5.41, 5.74) is 0.813. The van der Waals surface area contributed by atoms with Gasteiger partial charge in [0, 0.05) is 11.1 Å². The van der Waals surface area contributed by atoms with Crippen molar-refractivity contribution in [1.29, 1.82) is 0 Å². The highest BCUT2D eigenvalue weighted by Gasteiger charge is 2.10. The molecule has 0 N–H and O–H groups in total. The highest BCUT2D eigenvalue weighted by Crippen LogP contribution is 2.17. The molecule has 3 aromatic rings. The molecule has 0 aliphatic carbocycles. The van der Waals surface area contributed by atoms with Gasteiger partial charge in [0.1, 0.15) is 17.3 Å². The Morgan fingerprint density at radius 3 is 1.96 bits per heavy atom. The van der Waals surface area contributed by atoms with E-state index in [0.29, 0.717) is 22.6 Å². The molecule has 0 aliphatic rings. The van der Waals surface area contributed by atoms with Gasteiger partial charge in [0.2, 0.25) is 0 Å². The molecule has 0 saturated carbocycles. The minimum absolute atomic E-state index is 0.102. The van der Waals surface area contributed by atoms with Crippen LogP contribution < -0.4 is 9.47 Å². The van der Waals surface area contributed by atoms with Crippen LogP contribution in [-0.2, 0) is 4.79 Å². The Morgan fingerprint density at radius 1 is 0.741 bits per heavy atom. The van der Waals surface area contributed by atoms with Crippen LogP contribution in [0.3, 0.4) is 0 Å². The van der Waals surface area contributed by atoms with E-state index in [4.69, 9.17) is 9.47 Å². The molecule has 0 bridgehead atoms. The number of ketones is 1. The lowest BCUT2D eigenvalue weighted by atomic mass is 10.0. The van der Waals surface area contributed by atoms with Gasteiger partial charge in [0.15, 0.2) is 5.78 Å². The largest absolute Gasteiger partial charge is 0.493 e. The minimum atomic E-state index is -0.427. The topological polar surface area (TPSA) is 52.6 Å². The maximum atomic E-state index is 12.9. The number of hydrogen-bond donors (Lipinski definition) is 0. The van der Waals surface area contributed by atoms with Crippen LogP contribution in [0.5, 0.6) is 11.5 Å². The van der Waals surface area contributed by atoms with Crippen molar-refractivity contribution in [1.82, 2.24) is 0 Å². The number of carbonyl (C=O) groups is 2. The standard InChI is InChI=1S/C22H17FO4/c23-18-10-6-16(7-11-18)22(25)17-8-12-20(13-9-17)27-21(24)14-15-26-19-4-2-1-3-5-19/h1-13H,14-15H2. The summed E-state index contributed by atoms with van der Waals surface area (Å²) in [7, 11) is 0. The van der Waals surface area contributed by atoms with E-state index in [-0.39, 0.29) is 18.8 Å². The van der Waals surface area contributed by atoms with E-state index in [0.717, 1.165) is 0 Å². The molecule has 0 radical (unpaired) electrons. The number of para-hydroxylation sites is 1. The van der Waals surface area contributed by atoms with Gasteiger partial charge in [-0.15, -0.1) is 0 Å². The molecular weight excluding hydrogens is 347 g/mol. The predicted molar refractivity (Wildman–Crippen MR) is 98.5 cm³/mol. The molecule has 0 unspecified atom stereocenters. The number of benzene rings is 3. The zero-order valence-electron chi connectivity index (χ0n) is 14.4. The summed E-state index contributed by atoms with van der Waals surface area (Å²) in [6.07, 6.45) is 0.102. The molecule has 0 amide bonds. The van der Waals surface area contributed by atoms with E-state index in [9.17, 15) is 14.0 Å². The molecule has 3 aromatic carbocycles. The quantitative estimate of drug-likeness (QED) is 0.354. The fraction of sp³-hybridized carbons (Fsp3) is 0.0909. The first-order valence-electron chi connectivity index (χ1n) is 8.41. The molecule has 5 heteroatoms. The van der Waals surface area contributed by atoms with Crippen molar-refractivity contribution >= 4 is 11.8 Å². The number of ether oxygens (including phenoxy) is 2. The lowest BCUT2D eigenvalue weighted by Crippen LogP contribution is -2.12. The zero-order chi connectivity index (χ0) is 19.1. The van der Waals surface area contributed by atoms with E-state index >= 15 is 0 Å². The average molecular weight is 364 g/mol. The van der Waals surface area contributed by atoms with Gasteiger partial charge in [0.25, 0.3) is 0 Å². The van der Waals surface area contributed by atoms with Gasteiger partial charge < -0.3 is 9.47 Å². The Kier molecular flexibility index (Phi) is 5.94. The minimum Gasteiger partial charge on any atom is -0.493 e. The van der Waals surface area contributed by atoms with Crippen LogP contribution in [0, 0.1) is 5.82 Å². The first kappa shape index (κ1) is 18.3. The molecule has 0 aromatic heterocycles. The van der Waals surface area contributed by atoms with Crippen LogP contribution >= 0.6 is 0 Å². The number of esters is 1. The number of rotatable bonds is 7. The summed E-state index contributed by atoms with van der Waals surface area (Å²) in [6.45, 7) is 0.212. The zero-order valence-corrected chi connectivity index (χ0v) is 14.4. The Hall–Kier alpha value is -3.47. The molecule has 27 heavy (non-hydrogen) atoms. The van der Waals surface area contributed by atoms with Crippen molar-refractivity contribution in [2.45, 2.75) is 6.42 Å². The smallest absolute Gasteiger partial charge is 0.314 e. The lowest BCUT2D eigenvalue weighted by molar-refractivity contribution is -0.134. The maximum absolute atomic E-state index is 12.9. The molecule has 0 fully saturated rings. The highest BCUT2D eigenvalue weighted by atomic mass is 19.1. The van der Waals surface area contributed by atoms with Crippen LogP contribution in [0.1, 0.15) is 22.3 Å². The normalized spacial score (nSPS) is 10.3. The van der Waals surface area contributed by atoms with Crippen molar-refractivity contribution in [3.05, 3.63) is 95.8 Å². The molecule has 0 atom stereocenters. The van der Waals surface area contributed by atoms with Gasteiger partial charge in [-0.2, -0.15) is 0 Å². The third kappa shape index (κ3) is 5.25. The summed E-state index contributed by atoms with van der Waals surface area (Å²) in [5, 5.41) is 0. The SMILES string of the molecule is O=C(CCOc1ccccc1)Oc1ccc(C(=O)c2ccc(F)cc2)cc1. The number of hydrogen-bond acceptors (Lipinski definition) is 4.